The van der Waals surface area contributed by atoms with E-state index in [0.717, 1.165) is 0 Å². The van der Waals surface area contributed by atoms with Crippen molar-refractivity contribution in [3.63, 3.8) is 0 Å². The van der Waals surface area contributed by atoms with Crippen LogP contribution in [0, 0.1) is 20.2 Å². The van der Waals surface area contributed by atoms with Gasteiger partial charge in [-0.05, 0) is 18.2 Å². The molecule has 0 fully saturated rings. The topological polar surface area (TPSA) is 127 Å². The highest BCUT2D eigenvalue weighted by Gasteiger charge is 2.09. The van der Waals surface area contributed by atoms with Gasteiger partial charge in [0.1, 0.15) is 5.75 Å². The van der Waals surface area contributed by atoms with Crippen molar-refractivity contribution in [2.75, 3.05) is 0 Å². The molecule has 0 atom stereocenters. The molecular formula is C12H10N2O6. The van der Waals surface area contributed by atoms with Gasteiger partial charge in [0.05, 0.1) is 9.85 Å². The number of nitro groups is 2. The highest BCUT2D eigenvalue weighted by Crippen LogP contribution is 2.23. The van der Waals surface area contributed by atoms with Gasteiger partial charge in [-0.3, -0.25) is 20.2 Å². The van der Waals surface area contributed by atoms with Crippen LogP contribution in [-0.2, 0) is 0 Å². The van der Waals surface area contributed by atoms with E-state index in [4.69, 9.17) is 10.2 Å². The van der Waals surface area contributed by atoms with Gasteiger partial charge in [-0.1, -0.05) is 12.1 Å². The standard InChI is InChI=1S/2C6H5NO3/c8-6-3-1-5(2-4-6)7(9)10;8-6-4-2-1-3-5(6)7(9)10/h2*1-4,8H. The second kappa shape index (κ2) is 6.69. The molecule has 0 radical (unpaired) electrons. The van der Waals surface area contributed by atoms with Crippen LogP contribution in [0.25, 0.3) is 0 Å². The van der Waals surface area contributed by atoms with E-state index in [9.17, 15) is 20.2 Å². The van der Waals surface area contributed by atoms with Crippen LogP contribution in [-0.4, -0.2) is 20.1 Å². The summed E-state index contributed by atoms with van der Waals surface area (Å²) in [7, 11) is 0. The SMILES string of the molecule is O=[N+]([O-])c1ccc(O)cc1.O=[N+]([O-])c1ccccc1O. The number of hydrogen-bond donors (Lipinski definition) is 2. The maximum Gasteiger partial charge on any atom is 0.310 e. The third-order valence-electron chi connectivity index (χ3n) is 2.14. The number of phenolic OH excluding ortho intramolecular Hbond substituents is 2. The monoisotopic (exact) mass is 278 g/mol. The van der Waals surface area contributed by atoms with Gasteiger partial charge in [-0.25, -0.2) is 0 Å². The molecular weight excluding hydrogens is 268 g/mol. The first-order chi connectivity index (χ1) is 9.41. The van der Waals surface area contributed by atoms with Crippen LogP contribution in [0.2, 0.25) is 0 Å². The predicted molar refractivity (Wildman–Crippen MR) is 69.5 cm³/mol. The van der Waals surface area contributed by atoms with Crippen LogP contribution in [0.3, 0.4) is 0 Å². The molecule has 0 saturated carbocycles. The van der Waals surface area contributed by atoms with E-state index >= 15 is 0 Å². The Balaban J connectivity index is 0.000000200. The van der Waals surface area contributed by atoms with E-state index in [1.807, 2.05) is 0 Å². The quantitative estimate of drug-likeness (QED) is 0.642. The minimum atomic E-state index is -0.630. The Bertz CT molecular complexity index is 612. The second-order valence-corrected chi connectivity index (χ2v) is 3.52. The van der Waals surface area contributed by atoms with Crippen LogP contribution in [0.15, 0.2) is 48.5 Å². The van der Waals surface area contributed by atoms with Gasteiger partial charge < -0.3 is 10.2 Å². The number of rotatable bonds is 2. The van der Waals surface area contributed by atoms with Crippen LogP contribution in [0.4, 0.5) is 11.4 Å². The van der Waals surface area contributed by atoms with Crippen LogP contribution < -0.4 is 0 Å². The Kier molecular flexibility index (Phi) is 4.98. The smallest absolute Gasteiger partial charge is 0.310 e. The number of nitro benzene ring substituents is 2. The summed E-state index contributed by atoms with van der Waals surface area (Å²) in [4.78, 5) is 19.0. The highest BCUT2D eigenvalue weighted by molar-refractivity contribution is 5.44. The maximum absolute atomic E-state index is 10.1. The minimum absolute atomic E-state index is 0.0159. The van der Waals surface area contributed by atoms with Gasteiger partial charge >= 0.3 is 5.69 Å². The first-order valence-corrected chi connectivity index (χ1v) is 5.27. The lowest BCUT2D eigenvalue weighted by Crippen LogP contribution is -1.86. The molecule has 2 rings (SSSR count). The number of benzene rings is 2. The minimum Gasteiger partial charge on any atom is -0.508 e. The number of para-hydroxylation sites is 2. The summed E-state index contributed by atoms with van der Waals surface area (Å²) >= 11 is 0. The largest absolute Gasteiger partial charge is 0.508 e. The summed E-state index contributed by atoms with van der Waals surface area (Å²) in [5.41, 5.74) is -0.277. The van der Waals surface area contributed by atoms with E-state index in [1.54, 1.807) is 0 Å². The van der Waals surface area contributed by atoms with Crippen molar-refractivity contribution in [2.24, 2.45) is 0 Å². The lowest BCUT2D eigenvalue weighted by atomic mass is 10.3. The average molecular weight is 278 g/mol. The Hall–Kier alpha value is -3.16. The number of non-ortho nitro benzene ring substituents is 1. The predicted octanol–water partition coefficient (Wildman–Crippen LogP) is 2.60. The van der Waals surface area contributed by atoms with Crippen LogP contribution in [0.5, 0.6) is 11.5 Å². The first-order valence-electron chi connectivity index (χ1n) is 5.27. The molecule has 0 bridgehead atoms. The zero-order valence-corrected chi connectivity index (χ0v) is 10.0. The molecule has 0 saturated heterocycles. The van der Waals surface area contributed by atoms with Gasteiger partial charge in [-0.2, -0.15) is 0 Å². The average Bonchev–Trinajstić information content (AvgIpc) is 2.40. The van der Waals surface area contributed by atoms with Crippen molar-refractivity contribution in [1.82, 2.24) is 0 Å². The normalized spacial score (nSPS) is 9.20. The zero-order chi connectivity index (χ0) is 15.1. The molecule has 0 heterocycles. The summed E-state index contributed by atoms with van der Waals surface area (Å²) in [6, 6.07) is 10.6. The third-order valence-corrected chi connectivity index (χ3v) is 2.14. The Morgan fingerprint density at radius 3 is 1.75 bits per heavy atom. The number of hydrogen-bond acceptors (Lipinski definition) is 6. The zero-order valence-electron chi connectivity index (χ0n) is 10.0. The molecule has 0 aliphatic rings. The molecule has 8 heteroatoms. The molecule has 0 amide bonds. The van der Waals surface area contributed by atoms with Crippen LogP contribution >= 0.6 is 0 Å². The second-order valence-electron chi connectivity index (χ2n) is 3.52. The Labute approximate surface area is 112 Å². The van der Waals surface area contributed by atoms with E-state index in [1.165, 1.54) is 48.5 Å². The maximum atomic E-state index is 10.1. The molecule has 0 aromatic heterocycles. The molecule has 2 aromatic rings. The van der Waals surface area contributed by atoms with Crippen molar-refractivity contribution in [1.29, 1.82) is 0 Å². The lowest BCUT2D eigenvalue weighted by Gasteiger charge is -1.91. The van der Waals surface area contributed by atoms with Gasteiger partial charge in [0.25, 0.3) is 5.69 Å². The van der Waals surface area contributed by atoms with Gasteiger partial charge in [0.2, 0.25) is 0 Å². The number of aromatic hydroxyl groups is 2. The third kappa shape index (κ3) is 4.26. The summed E-state index contributed by atoms with van der Waals surface area (Å²) in [5, 5.41) is 37.7. The fourth-order valence-corrected chi connectivity index (χ4v) is 1.19. The van der Waals surface area contributed by atoms with E-state index in [-0.39, 0.29) is 22.9 Å². The summed E-state index contributed by atoms with van der Waals surface area (Å²) in [6.07, 6.45) is 0. The molecule has 2 N–H and O–H groups in total. The lowest BCUT2D eigenvalue weighted by molar-refractivity contribution is -0.385. The Morgan fingerprint density at radius 1 is 0.800 bits per heavy atom. The number of phenols is 2. The van der Waals surface area contributed by atoms with E-state index < -0.39 is 9.85 Å². The fraction of sp³-hybridized carbons (Fsp3) is 0. The van der Waals surface area contributed by atoms with Gasteiger partial charge in [0.15, 0.2) is 5.75 Å². The van der Waals surface area contributed by atoms with Crippen molar-refractivity contribution < 1.29 is 20.1 Å². The van der Waals surface area contributed by atoms with Crippen molar-refractivity contribution >= 4 is 11.4 Å². The molecule has 0 unspecified atom stereocenters. The molecule has 2 aromatic carbocycles. The highest BCUT2D eigenvalue weighted by atomic mass is 16.6. The molecule has 0 spiro atoms. The summed E-state index contributed by atoms with van der Waals surface area (Å²) in [5.74, 6) is -0.266. The number of nitrogens with zero attached hydrogens (tertiary/aromatic N) is 2. The van der Waals surface area contributed by atoms with Gasteiger partial charge in [-0.15, -0.1) is 0 Å². The summed E-state index contributed by atoms with van der Waals surface area (Å²) in [6.45, 7) is 0. The van der Waals surface area contributed by atoms with Crippen molar-refractivity contribution in [3.05, 3.63) is 68.8 Å². The molecule has 8 nitrogen and oxygen atoms in total. The van der Waals surface area contributed by atoms with Crippen molar-refractivity contribution in [2.45, 2.75) is 0 Å². The molecule has 20 heavy (non-hydrogen) atoms. The fourth-order valence-electron chi connectivity index (χ4n) is 1.19. The van der Waals surface area contributed by atoms with E-state index in [0.29, 0.717) is 0 Å². The molecule has 0 aliphatic heterocycles. The Morgan fingerprint density at radius 2 is 1.35 bits per heavy atom. The first kappa shape index (κ1) is 14.9. The molecule has 0 aliphatic carbocycles. The van der Waals surface area contributed by atoms with Crippen molar-refractivity contribution in [3.8, 4) is 11.5 Å². The van der Waals surface area contributed by atoms with E-state index in [2.05, 4.69) is 0 Å². The molecule has 104 valence electrons. The van der Waals surface area contributed by atoms with Crippen LogP contribution in [0.1, 0.15) is 0 Å². The van der Waals surface area contributed by atoms with Gasteiger partial charge in [0, 0.05) is 18.2 Å². The summed E-state index contributed by atoms with van der Waals surface area (Å²) < 4.78 is 0.